The van der Waals surface area contributed by atoms with Crippen molar-refractivity contribution in [2.45, 2.75) is 37.4 Å². The fraction of sp³-hybridized carbons (Fsp3) is 0.333. The van der Waals surface area contributed by atoms with E-state index in [0.717, 1.165) is 41.2 Å². The number of nitrogens with zero attached hydrogens (tertiary/aromatic N) is 1. The summed E-state index contributed by atoms with van der Waals surface area (Å²) in [6.45, 7) is 2.59. The zero-order valence-corrected chi connectivity index (χ0v) is 16.1. The third-order valence-corrected chi connectivity index (χ3v) is 5.66. The molecule has 2 aromatic carbocycles. The Labute approximate surface area is 162 Å². The molecule has 2 N–H and O–H groups in total. The number of nitrogens with one attached hydrogen (secondary N) is 2. The first-order valence-electron chi connectivity index (χ1n) is 9.35. The van der Waals surface area contributed by atoms with Gasteiger partial charge in [-0.25, -0.2) is 4.98 Å². The Bertz CT molecular complexity index is 954. The third-order valence-electron chi connectivity index (χ3n) is 4.79. The van der Waals surface area contributed by atoms with Crippen LogP contribution >= 0.6 is 11.8 Å². The molecule has 140 valence electrons. The van der Waals surface area contributed by atoms with Crippen LogP contribution in [0.5, 0.6) is 5.75 Å². The zero-order chi connectivity index (χ0) is 18.6. The monoisotopic (exact) mass is 381 g/mol. The second-order valence-electron chi connectivity index (χ2n) is 6.65. The number of aryl methyl sites for hydroxylation is 1. The Balaban J connectivity index is 1.38. The van der Waals surface area contributed by atoms with Crippen molar-refractivity contribution in [2.75, 3.05) is 12.4 Å². The van der Waals surface area contributed by atoms with Gasteiger partial charge < -0.3 is 15.0 Å². The molecule has 1 aliphatic rings. The fourth-order valence-corrected chi connectivity index (χ4v) is 4.26. The van der Waals surface area contributed by atoms with Gasteiger partial charge in [0.2, 0.25) is 5.91 Å². The molecule has 0 saturated heterocycles. The summed E-state index contributed by atoms with van der Waals surface area (Å²) in [5, 5.41) is 3.93. The minimum atomic E-state index is 0.0390. The molecule has 0 saturated carbocycles. The highest BCUT2D eigenvalue weighted by molar-refractivity contribution is 7.99. The summed E-state index contributed by atoms with van der Waals surface area (Å²) >= 11 is 1.42. The normalized spacial score (nSPS) is 16.1. The first-order chi connectivity index (χ1) is 13.2. The van der Waals surface area contributed by atoms with Gasteiger partial charge in [-0.3, -0.25) is 4.79 Å². The van der Waals surface area contributed by atoms with Crippen LogP contribution < -0.4 is 10.1 Å². The van der Waals surface area contributed by atoms with Crippen molar-refractivity contribution in [3.05, 3.63) is 53.6 Å². The molecule has 6 heteroatoms. The fourth-order valence-electron chi connectivity index (χ4n) is 3.56. The lowest BCUT2D eigenvalue weighted by atomic mass is 9.88. The number of aromatic nitrogens is 2. The van der Waals surface area contributed by atoms with E-state index in [1.165, 1.54) is 22.9 Å². The van der Waals surface area contributed by atoms with Crippen LogP contribution in [0.3, 0.4) is 0 Å². The lowest BCUT2D eigenvalue weighted by Gasteiger charge is -2.26. The molecular formula is C21H23N3O2S. The summed E-state index contributed by atoms with van der Waals surface area (Å²) in [7, 11) is 0. The number of thioether (sulfide) groups is 1. The number of amides is 1. The first-order valence-corrected chi connectivity index (χ1v) is 10.3. The molecule has 0 fully saturated rings. The third kappa shape index (κ3) is 4.11. The number of ether oxygens (including phenoxy) is 1. The summed E-state index contributed by atoms with van der Waals surface area (Å²) in [6.07, 6.45) is 3.21. The van der Waals surface area contributed by atoms with Gasteiger partial charge in [0.25, 0.3) is 0 Å². The molecule has 1 heterocycles. The summed E-state index contributed by atoms with van der Waals surface area (Å²) in [5.41, 5.74) is 4.41. The van der Waals surface area contributed by atoms with Crippen molar-refractivity contribution < 1.29 is 9.53 Å². The molecule has 27 heavy (non-hydrogen) atoms. The van der Waals surface area contributed by atoms with E-state index in [1.807, 2.05) is 31.2 Å². The molecule has 1 aromatic heterocycles. The van der Waals surface area contributed by atoms with Crippen molar-refractivity contribution in [3.63, 3.8) is 0 Å². The Morgan fingerprint density at radius 2 is 2.22 bits per heavy atom. The van der Waals surface area contributed by atoms with Gasteiger partial charge in [0, 0.05) is 6.07 Å². The van der Waals surface area contributed by atoms with E-state index in [4.69, 9.17) is 4.74 Å². The van der Waals surface area contributed by atoms with Crippen LogP contribution in [-0.4, -0.2) is 28.2 Å². The van der Waals surface area contributed by atoms with E-state index in [9.17, 15) is 4.79 Å². The molecule has 0 bridgehead atoms. The van der Waals surface area contributed by atoms with Gasteiger partial charge in [-0.1, -0.05) is 36.0 Å². The van der Waals surface area contributed by atoms with E-state index in [-0.39, 0.29) is 11.9 Å². The SMILES string of the molecule is CCOc1ccc2nc(SCC(=O)NC3CCCc4ccccc43)[nH]c2c1. The largest absolute Gasteiger partial charge is 0.494 e. The van der Waals surface area contributed by atoms with Crippen LogP contribution in [0, 0.1) is 0 Å². The Morgan fingerprint density at radius 1 is 1.33 bits per heavy atom. The van der Waals surface area contributed by atoms with Gasteiger partial charge in [0.15, 0.2) is 5.16 Å². The molecule has 0 aliphatic heterocycles. The highest BCUT2D eigenvalue weighted by atomic mass is 32.2. The van der Waals surface area contributed by atoms with Crippen molar-refractivity contribution in [3.8, 4) is 5.75 Å². The van der Waals surface area contributed by atoms with E-state index >= 15 is 0 Å². The number of imidazole rings is 1. The van der Waals surface area contributed by atoms with Crippen molar-refractivity contribution >= 4 is 28.7 Å². The number of rotatable bonds is 6. The minimum absolute atomic E-state index is 0.0390. The molecule has 4 rings (SSSR count). The molecule has 1 amide bonds. The van der Waals surface area contributed by atoms with Crippen molar-refractivity contribution in [2.24, 2.45) is 0 Å². The number of hydrogen-bond donors (Lipinski definition) is 2. The molecule has 0 radical (unpaired) electrons. The van der Waals surface area contributed by atoms with Crippen molar-refractivity contribution in [1.29, 1.82) is 0 Å². The van der Waals surface area contributed by atoms with Crippen LogP contribution in [0.25, 0.3) is 11.0 Å². The Hall–Kier alpha value is -2.47. The zero-order valence-electron chi connectivity index (χ0n) is 15.3. The van der Waals surface area contributed by atoms with Gasteiger partial charge >= 0.3 is 0 Å². The maximum Gasteiger partial charge on any atom is 0.230 e. The van der Waals surface area contributed by atoms with Crippen LogP contribution in [0.15, 0.2) is 47.6 Å². The van der Waals surface area contributed by atoms with Crippen LogP contribution in [0.2, 0.25) is 0 Å². The highest BCUT2D eigenvalue weighted by Crippen LogP contribution is 2.29. The smallest absolute Gasteiger partial charge is 0.230 e. The van der Waals surface area contributed by atoms with Crippen molar-refractivity contribution in [1.82, 2.24) is 15.3 Å². The highest BCUT2D eigenvalue weighted by Gasteiger charge is 2.21. The van der Waals surface area contributed by atoms with E-state index in [2.05, 4.69) is 33.5 Å². The predicted octanol–water partition coefficient (Wildman–Crippen LogP) is 4.25. The van der Waals surface area contributed by atoms with E-state index < -0.39 is 0 Å². The molecule has 1 atom stereocenters. The number of carbonyl (C=O) groups is 1. The van der Waals surface area contributed by atoms with Crippen LogP contribution in [0.1, 0.15) is 36.9 Å². The number of aromatic amines is 1. The van der Waals surface area contributed by atoms with Crippen LogP contribution in [0.4, 0.5) is 0 Å². The number of benzene rings is 2. The van der Waals surface area contributed by atoms with Gasteiger partial charge in [0.05, 0.1) is 29.4 Å². The second kappa shape index (κ2) is 8.05. The summed E-state index contributed by atoms with van der Waals surface area (Å²) < 4.78 is 5.52. The maximum absolute atomic E-state index is 12.5. The second-order valence-corrected chi connectivity index (χ2v) is 7.62. The van der Waals surface area contributed by atoms with E-state index in [1.54, 1.807) is 0 Å². The standard InChI is InChI=1S/C21H23N3O2S/c1-2-26-15-10-11-18-19(12-15)24-21(23-18)27-13-20(25)22-17-9-5-7-14-6-3-4-8-16(14)17/h3-4,6,8,10-12,17H,2,5,7,9,13H2,1H3,(H,22,25)(H,23,24). The average molecular weight is 382 g/mol. The topological polar surface area (TPSA) is 67.0 Å². The number of H-pyrrole nitrogens is 1. The predicted molar refractivity (Wildman–Crippen MR) is 108 cm³/mol. The Morgan fingerprint density at radius 3 is 3.11 bits per heavy atom. The number of hydrogen-bond acceptors (Lipinski definition) is 4. The minimum Gasteiger partial charge on any atom is -0.494 e. The van der Waals surface area contributed by atoms with Gasteiger partial charge in [-0.2, -0.15) is 0 Å². The summed E-state index contributed by atoms with van der Waals surface area (Å²) in [6, 6.07) is 14.3. The number of fused-ring (bicyclic) bond motifs is 2. The lowest BCUT2D eigenvalue weighted by Crippen LogP contribution is -2.32. The number of carbonyl (C=O) groups excluding carboxylic acids is 1. The lowest BCUT2D eigenvalue weighted by molar-refractivity contribution is -0.119. The van der Waals surface area contributed by atoms with Gasteiger partial charge in [-0.15, -0.1) is 0 Å². The molecule has 0 spiro atoms. The first kappa shape index (κ1) is 17.9. The molecule has 5 nitrogen and oxygen atoms in total. The van der Waals surface area contributed by atoms with E-state index in [0.29, 0.717) is 12.4 Å². The summed E-state index contributed by atoms with van der Waals surface area (Å²) in [5.74, 6) is 1.20. The average Bonchev–Trinajstić information content (AvgIpc) is 3.09. The molecular weight excluding hydrogens is 358 g/mol. The van der Waals surface area contributed by atoms with Gasteiger partial charge in [-0.05, 0) is 49.4 Å². The quantitative estimate of drug-likeness (QED) is 0.627. The molecule has 1 unspecified atom stereocenters. The maximum atomic E-state index is 12.5. The van der Waals surface area contributed by atoms with Gasteiger partial charge in [0.1, 0.15) is 5.75 Å². The molecule has 1 aliphatic carbocycles. The Kier molecular flexibility index (Phi) is 5.34. The summed E-state index contributed by atoms with van der Waals surface area (Å²) in [4.78, 5) is 20.3. The molecule has 3 aromatic rings. The van der Waals surface area contributed by atoms with Crippen LogP contribution in [-0.2, 0) is 11.2 Å².